The minimum atomic E-state index is -0.539. The van der Waals surface area contributed by atoms with Gasteiger partial charge in [0, 0.05) is 6.54 Å². The highest BCUT2D eigenvalue weighted by Gasteiger charge is 2.15. The van der Waals surface area contributed by atoms with Crippen molar-refractivity contribution in [2.45, 2.75) is 46.4 Å². The van der Waals surface area contributed by atoms with Gasteiger partial charge in [0.25, 0.3) is 0 Å². The van der Waals surface area contributed by atoms with E-state index in [0.29, 0.717) is 25.6 Å². The quantitative estimate of drug-likeness (QED) is 0.680. The number of aliphatic hydroxyl groups excluding tert-OH is 1. The van der Waals surface area contributed by atoms with Crippen LogP contribution in [-0.2, 0) is 17.9 Å². The molecule has 0 aliphatic heterocycles. The number of nitrogens with zero attached hydrogens (tertiary/aromatic N) is 1. The summed E-state index contributed by atoms with van der Waals surface area (Å²) < 4.78 is 16.4. The van der Waals surface area contributed by atoms with E-state index in [1.165, 1.54) is 0 Å². The second kappa shape index (κ2) is 9.67. The molecule has 2 rings (SSSR count). The average molecular weight is 335 g/mol. The molecule has 0 aromatic carbocycles. The van der Waals surface area contributed by atoms with Gasteiger partial charge in [-0.15, -0.1) is 0 Å². The second-order valence-electron chi connectivity index (χ2n) is 6.68. The number of aliphatic hydroxyl groups is 1. The third-order valence-corrected chi connectivity index (χ3v) is 3.80. The Morgan fingerprint density at radius 2 is 2.04 bits per heavy atom. The molecule has 5 nitrogen and oxygen atoms in total. The SMILES string of the molecule is Cc1ccc(CN(CCC(C)C)C[C@@H](O)COCc2ccco2)o1. The van der Waals surface area contributed by atoms with Gasteiger partial charge in [-0.2, -0.15) is 0 Å². The molecule has 0 saturated heterocycles. The molecular weight excluding hydrogens is 306 g/mol. The molecule has 0 spiro atoms. The van der Waals surface area contributed by atoms with Gasteiger partial charge in [0.1, 0.15) is 23.9 Å². The Balaban J connectivity index is 1.78. The lowest BCUT2D eigenvalue weighted by molar-refractivity contribution is 0.00236. The monoisotopic (exact) mass is 335 g/mol. The first-order valence-corrected chi connectivity index (χ1v) is 8.58. The molecule has 5 heteroatoms. The third-order valence-electron chi connectivity index (χ3n) is 3.80. The molecule has 2 aromatic heterocycles. The topological polar surface area (TPSA) is 59.0 Å². The smallest absolute Gasteiger partial charge is 0.129 e. The maximum Gasteiger partial charge on any atom is 0.129 e. The van der Waals surface area contributed by atoms with Crippen LogP contribution in [0.3, 0.4) is 0 Å². The highest BCUT2D eigenvalue weighted by molar-refractivity contribution is 5.05. The summed E-state index contributed by atoms with van der Waals surface area (Å²) in [7, 11) is 0. The fraction of sp³-hybridized carbons (Fsp3) is 0.579. The molecular formula is C19H29NO4. The van der Waals surface area contributed by atoms with Gasteiger partial charge >= 0.3 is 0 Å². The van der Waals surface area contributed by atoms with Crippen molar-refractivity contribution < 1.29 is 18.7 Å². The fourth-order valence-electron chi connectivity index (χ4n) is 2.51. The van der Waals surface area contributed by atoms with E-state index in [1.54, 1.807) is 6.26 Å². The molecule has 2 heterocycles. The number of hydrogen-bond donors (Lipinski definition) is 1. The lowest BCUT2D eigenvalue weighted by Gasteiger charge is -2.25. The summed E-state index contributed by atoms with van der Waals surface area (Å²) in [6.45, 7) is 9.21. The normalized spacial score (nSPS) is 13.1. The molecule has 0 saturated carbocycles. The summed E-state index contributed by atoms with van der Waals surface area (Å²) in [4.78, 5) is 2.22. The van der Waals surface area contributed by atoms with Gasteiger partial charge < -0.3 is 18.7 Å². The minimum Gasteiger partial charge on any atom is -0.467 e. The van der Waals surface area contributed by atoms with Crippen LogP contribution >= 0.6 is 0 Å². The summed E-state index contributed by atoms with van der Waals surface area (Å²) >= 11 is 0. The summed E-state index contributed by atoms with van der Waals surface area (Å²) in [5.41, 5.74) is 0. The largest absolute Gasteiger partial charge is 0.467 e. The molecule has 24 heavy (non-hydrogen) atoms. The van der Waals surface area contributed by atoms with Gasteiger partial charge in [-0.3, -0.25) is 4.90 Å². The molecule has 0 amide bonds. The van der Waals surface area contributed by atoms with Gasteiger partial charge in [0.2, 0.25) is 0 Å². The Hall–Kier alpha value is -1.56. The van der Waals surface area contributed by atoms with E-state index in [9.17, 15) is 5.11 Å². The maximum atomic E-state index is 10.3. The van der Waals surface area contributed by atoms with Crippen LogP contribution in [0.5, 0.6) is 0 Å². The van der Waals surface area contributed by atoms with Crippen LogP contribution in [0.15, 0.2) is 39.4 Å². The van der Waals surface area contributed by atoms with Crippen molar-refractivity contribution in [1.82, 2.24) is 4.90 Å². The van der Waals surface area contributed by atoms with E-state index < -0.39 is 6.10 Å². The van der Waals surface area contributed by atoms with Crippen LogP contribution in [0, 0.1) is 12.8 Å². The van der Waals surface area contributed by atoms with Gasteiger partial charge in [0.15, 0.2) is 0 Å². The summed E-state index contributed by atoms with van der Waals surface area (Å²) in [5.74, 6) is 3.24. The lowest BCUT2D eigenvalue weighted by atomic mass is 10.1. The first-order valence-electron chi connectivity index (χ1n) is 8.58. The minimum absolute atomic E-state index is 0.288. The Labute approximate surface area is 144 Å². The fourth-order valence-corrected chi connectivity index (χ4v) is 2.51. The first-order chi connectivity index (χ1) is 11.5. The van der Waals surface area contributed by atoms with Crippen molar-refractivity contribution in [3.63, 3.8) is 0 Å². The van der Waals surface area contributed by atoms with E-state index >= 15 is 0 Å². The number of aryl methyl sites for hydroxylation is 1. The molecule has 2 aromatic rings. The lowest BCUT2D eigenvalue weighted by Crippen LogP contribution is -2.35. The number of rotatable bonds is 11. The molecule has 0 radical (unpaired) electrons. The second-order valence-corrected chi connectivity index (χ2v) is 6.68. The first kappa shape index (κ1) is 18.8. The predicted octanol–water partition coefficient (Wildman–Crippen LogP) is 3.61. The Bertz CT molecular complexity index is 562. The predicted molar refractivity (Wildman–Crippen MR) is 92.5 cm³/mol. The summed E-state index contributed by atoms with van der Waals surface area (Å²) in [6.07, 6.45) is 2.16. The van der Waals surface area contributed by atoms with Crippen molar-refractivity contribution >= 4 is 0 Å². The van der Waals surface area contributed by atoms with Gasteiger partial charge in [0.05, 0.1) is 25.5 Å². The molecule has 0 bridgehead atoms. The molecule has 0 unspecified atom stereocenters. The van der Waals surface area contributed by atoms with Crippen LogP contribution in [0.2, 0.25) is 0 Å². The van der Waals surface area contributed by atoms with Gasteiger partial charge in [-0.1, -0.05) is 13.8 Å². The average Bonchev–Trinajstić information content (AvgIpc) is 3.16. The van der Waals surface area contributed by atoms with Crippen molar-refractivity contribution in [2.24, 2.45) is 5.92 Å². The van der Waals surface area contributed by atoms with Crippen LogP contribution in [0.4, 0.5) is 0 Å². The van der Waals surface area contributed by atoms with E-state index in [4.69, 9.17) is 13.6 Å². The van der Waals surface area contributed by atoms with Crippen molar-refractivity contribution in [2.75, 3.05) is 19.7 Å². The molecule has 0 aliphatic carbocycles. The van der Waals surface area contributed by atoms with Gasteiger partial charge in [-0.25, -0.2) is 0 Å². The molecule has 0 fully saturated rings. The van der Waals surface area contributed by atoms with Crippen molar-refractivity contribution in [3.05, 3.63) is 47.8 Å². The van der Waals surface area contributed by atoms with Crippen LogP contribution in [0.1, 0.15) is 37.5 Å². The highest BCUT2D eigenvalue weighted by Crippen LogP contribution is 2.12. The zero-order valence-corrected chi connectivity index (χ0v) is 14.9. The summed E-state index contributed by atoms with van der Waals surface area (Å²) in [5, 5.41) is 10.3. The highest BCUT2D eigenvalue weighted by atomic mass is 16.5. The van der Waals surface area contributed by atoms with Crippen molar-refractivity contribution in [1.29, 1.82) is 0 Å². The molecule has 0 aliphatic rings. The van der Waals surface area contributed by atoms with E-state index in [-0.39, 0.29) is 6.61 Å². The molecule has 1 N–H and O–H groups in total. The van der Waals surface area contributed by atoms with Crippen LogP contribution < -0.4 is 0 Å². The Morgan fingerprint density at radius 1 is 1.21 bits per heavy atom. The van der Waals surface area contributed by atoms with E-state index in [2.05, 4.69) is 18.7 Å². The van der Waals surface area contributed by atoms with Crippen LogP contribution in [0.25, 0.3) is 0 Å². The molecule has 1 atom stereocenters. The standard InChI is InChI=1S/C19H29NO4/c1-15(2)8-9-20(12-18-7-6-16(3)24-18)11-17(21)13-22-14-19-5-4-10-23-19/h4-7,10,15,17,21H,8-9,11-14H2,1-3H3/t17-/m1/s1. The van der Waals surface area contributed by atoms with Gasteiger partial charge in [-0.05, 0) is 50.1 Å². The van der Waals surface area contributed by atoms with Crippen molar-refractivity contribution in [3.8, 4) is 0 Å². The number of furan rings is 2. The number of hydrogen-bond acceptors (Lipinski definition) is 5. The Kier molecular flexibility index (Phi) is 7.56. The third kappa shape index (κ3) is 6.91. The zero-order valence-electron chi connectivity index (χ0n) is 14.9. The van der Waals surface area contributed by atoms with Crippen LogP contribution in [-0.4, -0.2) is 35.8 Å². The zero-order chi connectivity index (χ0) is 17.4. The van der Waals surface area contributed by atoms with E-state index in [1.807, 2.05) is 31.2 Å². The molecule has 134 valence electrons. The maximum absolute atomic E-state index is 10.3. The van der Waals surface area contributed by atoms with E-state index in [0.717, 1.165) is 30.2 Å². The Morgan fingerprint density at radius 3 is 2.67 bits per heavy atom. The number of ether oxygens (including phenoxy) is 1. The summed E-state index contributed by atoms with van der Waals surface area (Å²) in [6, 6.07) is 7.66.